The van der Waals surface area contributed by atoms with Crippen LogP contribution in [0.4, 0.5) is 13.2 Å². The van der Waals surface area contributed by atoms with Gasteiger partial charge in [-0.05, 0) is 18.1 Å². The lowest BCUT2D eigenvalue weighted by molar-refractivity contribution is -0.192. The molecule has 0 saturated carbocycles. The van der Waals surface area contributed by atoms with Gasteiger partial charge in [-0.1, -0.05) is 6.92 Å². The number of carboxylic acids is 1. The third-order valence-corrected chi connectivity index (χ3v) is 5.21. The summed E-state index contributed by atoms with van der Waals surface area (Å²) in [5.74, 6) is 1.72. The molecule has 2 aliphatic rings. The molecular formula is C19H24F3N3O5. The Morgan fingerprint density at radius 2 is 1.93 bits per heavy atom. The molecule has 30 heavy (non-hydrogen) atoms. The van der Waals surface area contributed by atoms with E-state index < -0.39 is 12.1 Å². The number of alkyl halides is 3. The van der Waals surface area contributed by atoms with Crippen LogP contribution >= 0.6 is 0 Å². The van der Waals surface area contributed by atoms with E-state index in [9.17, 15) is 13.2 Å². The number of aromatic nitrogens is 2. The van der Waals surface area contributed by atoms with E-state index in [0.717, 1.165) is 56.5 Å². The summed E-state index contributed by atoms with van der Waals surface area (Å²) < 4.78 is 49.1. The zero-order valence-corrected chi connectivity index (χ0v) is 16.7. The first-order chi connectivity index (χ1) is 14.2. The highest BCUT2D eigenvalue weighted by atomic mass is 19.4. The minimum atomic E-state index is -5.08. The van der Waals surface area contributed by atoms with Crippen LogP contribution in [0.15, 0.2) is 21.0 Å². The number of rotatable bonds is 5. The number of halogens is 3. The number of aryl methyl sites for hydroxylation is 2. The fourth-order valence-electron chi connectivity index (χ4n) is 3.78. The summed E-state index contributed by atoms with van der Waals surface area (Å²) in [6, 6.07) is 4.16. The van der Waals surface area contributed by atoms with Crippen molar-refractivity contribution in [1.82, 2.24) is 15.1 Å². The lowest BCUT2D eigenvalue weighted by Crippen LogP contribution is -2.24. The number of ether oxygens (including phenoxy) is 1. The first-order valence-electron chi connectivity index (χ1n) is 9.66. The molecule has 8 nitrogen and oxygen atoms in total. The third kappa shape index (κ3) is 5.60. The molecule has 4 heterocycles. The summed E-state index contributed by atoms with van der Waals surface area (Å²) in [7, 11) is 0. The van der Waals surface area contributed by atoms with Gasteiger partial charge in [0, 0.05) is 38.8 Å². The highest BCUT2D eigenvalue weighted by Crippen LogP contribution is 2.36. The number of fused-ring (bicyclic) bond motifs is 1. The second-order valence-corrected chi connectivity index (χ2v) is 7.43. The Kier molecular flexibility index (Phi) is 6.81. The van der Waals surface area contributed by atoms with Gasteiger partial charge in [-0.2, -0.15) is 13.2 Å². The van der Waals surface area contributed by atoms with Crippen LogP contribution < -0.4 is 0 Å². The van der Waals surface area contributed by atoms with E-state index in [2.05, 4.69) is 34.2 Å². The Hall–Kier alpha value is -2.40. The maximum absolute atomic E-state index is 10.6. The van der Waals surface area contributed by atoms with Crippen molar-refractivity contribution >= 4 is 5.97 Å². The zero-order chi connectivity index (χ0) is 21.9. The maximum Gasteiger partial charge on any atom is 0.490 e. The number of furan rings is 1. The molecule has 2 aliphatic heterocycles. The van der Waals surface area contributed by atoms with Crippen molar-refractivity contribution in [2.75, 3.05) is 19.7 Å². The van der Waals surface area contributed by atoms with Gasteiger partial charge in [0.25, 0.3) is 0 Å². The van der Waals surface area contributed by atoms with Crippen LogP contribution in [-0.4, -0.2) is 58.1 Å². The summed E-state index contributed by atoms with van der Waals surface area (Å²) in [4.78, 5) is 11.3. The standard InChI is InChI=1S/C17H23N3O3.C2HF3O2/c1-3-13-4-5-14(23-13)7-20-8-15-12(10-21-16(15)9-20)6-17-19-18-11(2)22-17;3-2(4,5)1(6)7/h4-5,12,15-16H,3,6-10H2,1-2H3;(H,6,7)/t12-,15-,16-;/m1./s1. The van der Waals surface area contributed by atoms with E-state index in [-0.39, 0.29) is 0 Å². The molecule has 2 saturated heterocycles. The van der Waals surface area contributed by atoms with Crippen LogP contribution in [0.1, 0.15) is 30.2 Å². The lowest BCUT2D eigenvalue weighted by Gasteiger charge is -2.17. The van der Waals surface area contributed by atoms with Gasteiger partial charge in [0.05, 0.1) is 19.3 Å². The van der Waals surface area contributed by atoms with Crippen LogP contribution in [0.25, 0.3) is 0 Å². The van der Waals surface area contributed by atoms with Crippen molar-refractivity contribution in [2.24, 2.45) is 11.8 Å². The summed E-state index contributed by atoms with van der Waals surface area (Å²) in [5.41, 5.74) is 0. The monoisotopic (exact) mass is 431 g/mol. The van der Waals surface area contributed by atoms with Gasteiger partial charge in [0.15, 0.2) is 0 Å². The average molecular weight is 431 g/mol. The molecule has 3 atom stereocenters. The first kappa shape index (κ1) is 22.3. The van der Waals surface area contributed by atoms with Gasteiger partial charge in [0.1, 0.15) is 11.5 Å². The summed E-state index contributed by atoms with van der Waals surface area (Å²) in [5, 5.41) is 15.2. The molecule has 166 valence electrons. The summed E-state index contributed by atoms with van der Waals surface area (Å²) in [6.07, 6.45) is -3.00. The highest BCUT2D eigenvalue weighted by Gasteiger charge is 2.44. The number of hydrogen-bond acceptors (Lipinski definition) is 7. The van der Waals surface area contributed by atoms with Crippen molar-refractivity contribution in [3.8, 4) is 0 Å². The van der Waals surface area contributed by atoms with E-state index in [4.69, 9.17) is 23.5 Å². The molecule has 0 spiro atoms. The predicted octanol–water partition coefficient (Wildman–Crippen LogP) is 2.86. The molecule has 0 aromatic carbocycles. The lowest BCUT2D eigenvalue weighted by atomic mass is 9.90. The van der Waals surface area contributed by atoms with Gasteiger partial charge in [-0.15, -0.1) is 10.2 Å². The summed E-state index contributed by atoms with van der Waals surface area (Å²) >= 11 is 0. The van der Waals surface area contributed by atoms with Crippen molar-refractivity contribution < 1.29 is 36.6 Å². The van der Waals surface area contributed by atoms with Gasteiger partial charge in [-0.3, -0.25) is 4.90 Å². The van der Waals surface area contributed by atoms with Gasteiger partial charge < -0.3 is 18.7 Å². The number of carbonyl (C=O) groups is 1. The molecule has 2 aromatic rings. The molecule has 2 fully saturated rings. The second kappa shape index (κ2) is 9.17. The molecule has 0 bridgehead atoms. The smallest absolute Gasteiger partial charge is 0.475 e. The van der Waals surface area contributed by atoms with E-state index >= 15 is 0 Å². The molecule has 11 heteroatoms. The largest absolute Gasteiger partial charge is 0.490 e. The van der Waals surface area contributed by atoms with E-state index in [1.165, 1.54) is 0 Å². The van der Waals surface area contributed by atoms with E-state index in [1.54, 1.807) is 0 Å². The van der Waals surface area contributed by atoms with Crippen LogP contribution in [0.5, 0.6) is 0 Å². The van der Waals surface area contributed by atoms with Crippen LogP contribution in [0, 0.1) is 18.8 Å². The molecule has 0 unspecified atom stereocenters. The highest BCUT2D eigenvalue weighted by molar-refractivity contribution is 5.73. The Bertz CT molecular complexity index is 851. The predicted molar refractivity (Wildman–Crippen MR) is 96.5 cm³/mol. The average Bonchev–Trinajstić information content (AvgIpc) is 3.43. The van der Waals surface area contributed by atoms with Crippen LogP contribution in [0.2, 0.25) is 0 Å². The Labute approximate surface area is 171 Å². The molecule has 0 amide bonds. The van der Waals surface area contributed by atoms with Crippen LogP contribution in [-0.2, 0) is 28.9 Å². The molecule has 1 N–H and O–H groups in total. The van der Waals surface area contributed by atoms with Crippen molar-refractivity contribution in [3.05, 3.63) is 35.4 Å². The van der Waals surface area contributed by atoms with Gasteiger partial charge in [0.2, 0.25) is 11.8 Å². The van der Waals surface area contributed by atoms with Crippen LogP contribution in [0.3, 0.4) is 0 Å². The quantitative estimate of drug-likeness (QED) is 0.771. The fourth-order valence-corrected chi connectivity index (χ4v) is 3.78. The van der Waals surface area contributed by atoms with Gasteiger partial charge >= 0.3 is 12.1 Å². The molecular weight excluding hydrogens is 407 g/mol. The minimum absolute atomic E-state index is 0.324. The Balaban J connectivity index is 0.000000318. The first-order valence-corrected chi connectivity index (χ1v) is 9.66. The number of likely N-dealkylation sites (tertiary alicyclic amines) is 1. The van der Waals surface area contributed by atoms with E-state index in [0.29, 0.717) is 23.8 Å². The normalized spacial score (nSPS) is 23.8. The van der Waals surface area contributed by atoms with Gasteiger partial charge in [-0.25, -0.2) is 4.79 Å². The van der Waals surface area contributed by atoms with E-state index in [1.807, 2.05) is 6.92 Å². The second-order valence-electron chi connectivity index (χ2n) is 7.43. The summed E-state index contributed by atoms with van der Waals surface area (Å²) in [6.45, 7) is 7.63. The Morgan fingerprint density at radius 1 is 1.23 bits per heavy atom. The Morgan fingerprint density at radius 3 is 2.50 bits per heavy atom. The third-order valence-electron chi connectivity index (χ3n) is 5.21. The molecule has 2 aromatic heterocycles. The molecule has 4 rings (SSSR count). The number of carboxylic acid groups (broad SMARTS) is 1. The minimum Gasteiger partial charge on any atom is -0.475 e. The molecule has 0 aliphatic carbocycles. The van der Waals surface area contributed by atoms with Crippen molar-refractivity contribution in [2.45, 2.75) is 45.5 Å². The number of hydrogen-bond donors (Lipinski definition) is 1. The molecule has 0 radical (unpaired) electrons. The number of aliphatic carboxylic acids is 1. The topological polar surface area (TPSA) is 102 Å². The zero-order valence-electron chi connectivity index (χ0n) is 16.7. The fraction of sp³-hybridized carbons (Fsp3) is 0.632. The van der Waals surface area contributed by atoms with Crippen molar-refractivity contribution in [1.29, 1.82) is 0 Å². The van der Waals surface area contributed by atoms with Crippen molar-refractivity contribution in [3.63, 3.8) is 0 Å². The SMILES string of the molecule is CCc1ccc(CN2C[C@@H]3[C@H](Cc4nnc(C)o4)CO[C@@H]3C2)o1.O=C(O)C(F)(F)F. The number of nitrogens with zero attached hydrogens (tertiary/aromatic N) is 3. The maximum atomic E-state index is 10.6.